The fourth-order valence-electron chi connectivity index (χ4n) is 2.18. The Labute approximate surface area is 132 Å². The van der Waals surface area contributed by atoms with Crippen LogP contribution in [0.25, 0.3) is 11.1 Å². The van der Waals surface area contributed by atoms with E-state index < -0.39 is 10.9 Å². The molecule has 0 heterocycles. The molecule has 0 atom stereocenters. The molecule has 0 spiro atoms. The molecule has 23 heavy (non-hydrogen) atoms. The summed E-state index contributed by atoms with van der Waals surface area (Å²) in [6.07, 6.45) is 0. The van der Waals surface area contributed by atoms with Gasteiger partial charge in [0.25, 0.3) is 5.69 Å². The number of hydrogen-bond acceptors (Lipinski definition) is 6. The highest BCUT2D eigenvalue weighted by molar-refractivity contribution is 5.99. The van der Waals surface area contributed by atoms with Crippen LogP contribution in [0.2, 0.25) is 0 Å². The summed E-state index contributed by atoms with van der Waals surface area (Å²) in [5.74, 6) is 0.397. The number of nitro benzene ring substituents is 1. The molecule has 0 radical (unpaired) electrons. The molecule has 0 aliphatic rings. The second-order valence-electron chi connectivity index (χ2n) is 4.54. The van der Waals surface area contributed by atoms with Crippen molar-refractivity contribution in [2.45, 2.75) is 0 Å². The monoisotopic (exact) mass is 317 g/mol. The highest BCUT2D eigenvalue weighted by Crippen LogP contribution is 2.36. The highest BCUT2D eigenvalue weighted by atomic mass is 16.6. The van der Waals surface area contributed by atoms with E-state index in [1.54, 1.807) is 18.2 Å². The number of hydrogen-bond donors (Lipinski definition) is 0. The van der Waals surface area contributed by atoms with E-state index in [0.717, 1.165) is 0 Å². The first-order valence-corrected chi connectivity index (χ1v) is 6.61. The Morgan fingerprint density at radius 1 is 1.00 bits per heavy atom. The molecule has 0 N–H and O–H groups in total. The lowest BCUT2D eigenvalue weighted by Crippen LogP contribution is -2.05. The van der Waals surface area contributed by atoms with Crippen molar-refractivity contribution in [1.82, 2.24) is 0 Å². The van der Waals surface area contributed by atoms with Crippen LogP contribution in [0.4, 0.5) is 5.69 Å². The van der Waals surface area contributed by atoms with Crippen LogP contribution in [0.1, 0.15) is 10.4 Å². The van der Waals surface area contributed by atoms with Gasteiger partial charge in [0.05, 0.1) is 31.8 Å². The van der Waals surface area contributed by atoms with E-state index >= 15 is 0 Å². The molecule has 2 rings (SSSR count). The van der Waals surface area contributed by atoms with Crippen molar-refractivity contribution in [3.63, 3.8) is 0 Å². The quantitative estimate of drug-likeness (QED) is 0.478. The lowest BCUT2D eigenvalue weighted by Gasteiger charge is -2.13. The maximum Gasteiger partial charge on any atom is 0.338 e. The number of esters is 1. The van der Waals surface area contributed by atoms with Gasteiger partial charge in [0.1, 0.15) is 11.5 Å². The zero-order chi connectivity index (χ0) is 17.0. The Hall–Kier alpha value is -3.09. The van der Waals surface area contributed by atoms with Crippen molar-refractivity contribution in [1.29, 1.82) is 0 Å². The first-order chi connectivity index (χ1) is 11.0. The van der Waals surface area contributed by atoms with Crippen molar-refractivity contribution in [2.75, 3.05) is 21.3 Å². The molecule has 0 amide bonds. The third-order valence-electron chi connectivity index (χ3n) is 3.32. The molecule has 7 heteroatoms. The summed E-state index contributed by atoms with van der Waals surface area (Å²) >= 11 is 0. The molecule has 0 saturated carbocycles. The molecule has 0 fully saturated rings. The second-order valence-corrected chi connectivity index (χ2v) is 4.54. The van der Waals surface area contributed by atoms with Crippen LogP contribution in [-0.2, 0) is 4.74 Å². The third-order valence-corrected chi connectivity index (χ3v) is 3.32. The SMILES string of the molecule is COC(=O)c1cc([N+](=O)[O-])ccc1-c1cc(OC)ccc1OC. The van der Waals surface area contributed by atoms with Gasteiger partial charge in [-0.1, -0.05) is 0 Å². The predicted octanol–water partition coefficient (Wildman–Crippen LogP) is 3.07. The lowest BCUT2D eigenvalue weighted by molar-refractivity contribution is -0.384. The Kier molecular flexibility index (Phi) is 4.80. The molecular formula is C16H15NO6. The van der Waals surface area contributed by atoms with E-state index in [0.29, 0.717) is 22.6 Å². The standard InChI is InChI=1S/C16H15NO6/c1-21-11-5-7-15(22-2)13(9-11)12-6-4-10(17(19)20)8-14(12)16(18)23-3/h4-9H,1-3H3. The minimum Gasteiger partial charge on any atom is -0.497 e. The van der Waals surface area contributed by atoms with Crippen LogP contribution in [0, 0.1) is 10.1 Å². The third kappa shape index (κ3) is 3.23. The average Bonchev–Trinajstić information content (AvgIpc) is 2.59. The number of non-ortho nitro benzene ring substituents is 1. The topological polar surface area (TPSA) is 87.9 Å². The van der Waals surface area contributed by atoms with Crippen LogP contribution in [0.5, 0.6) is 11.5 Å². The Morgan fingerprint density at radius 2 is 1.74 bits per heavy atom. The predicted molar refractivity (Wildman–Crippen MR) is 83.0 cm³/mol. The summed E-state index contributed by atoms with van der Waals surface area (Å²) in [5.41, 5.74) is 0.907. The number of ether oxygens (including phenoxy) is 3. The van der Waals surface area contributed by atoms with Gasteiger partial charge in [-0.25, -0.2) is 4.79 Å². The van der Waals surface area contributed by atoms with Gasteiger partial charge in [0, 0.05) is 23.3 Å². The minimum atomic E-state index is -0.673. The van der Waals surface area contributed by atoms with Gasteiger partial charge >= 0.3 is 5.97 Å². The summed E-state index contributed by atoms with van der Waals surface area (Å²) in [5, 5.41) is 10.9. The molecule has 0 saturated heterocycles. The van der Waals surface area contributed by atoms with E-state index in [2.05, 4.69) is 0 Å². The molecule has 2 aromatic rings. The van der Waals surface area contributed by atoms with E-state index in [1.165, 1.54) is 39.5 Å². The summed E-state index contributed by atoms with van der Waals surface area (Å²) in [7, 11) is 4.23. The van der Waals surface area contributed by atoms with Crippen molar-refractivity contribution >= 4 is 11.7 Å². The first kappa shape index (κ1) is 16.3. The van der Waals surface area contributed by atoms with Crippen LogP contribution >= 0.6 is 0 Å². The summed E-state index contributed by atoms with van der Waals surface area (Å²) < 4.78 is 15.2. The molecular weight excluding hydrogens is 302 g/mol. The fourth-order valence-corrected chi connectivity index (χ4v) is 2.18. The molecule has 2 aromatic carbocycles. The van der Waals surface area contributed by atoms with Crippen molar-refractivity contribution in [3.8, 4) is 22.6 Å². The van der Waals surface area contributed by atoms with Gasteiger partial charge in [-0.3, -0.25) is 10.1 Å². The van der Waals surface area contributed by atoms with Gasteiger partial charge in [0.2, 0.25) is 0 Å². The smallest absolute Gasteiger partial charge is 0.338 e. The lowest BCUT2D eigenvalue weighted by atomic mass is 9.98. The Bertz CT molecular complexity index is 756. The number of rotatable bonds is 5. The van der Waals surface area contributed by atoms with Crippen LogP contribution < -0.4 is 9.47 Å². The first-order valence-electron chi connectivity index (χ1n) is 6.61. The van der Waals surface area contributed by atoms with Crippen LogP contribution in [0.15, 0.2) is 36.4 Å². The molecule has 0 bridgehead atoms. The Morgan fingerprint density at radius 3 is 2.30 bits per heavy atom. The van der Waals surface area contributed by atoms with Crippen molar-refractivity contribution < 1.29 is 23.9 Å². The largest absolute Gasteiger partial charge is 0.497 e. The Balaban J connectivity index is 2.71. The molecule has 0 aromatic heterocycles. The molecule has 0 aliphatic heterocycles. The van der Waals surface area contributed by atoms with Crippen molar-refractivity contribution in [2.24, 2.45) is 0 Å². The van der Waals surface area contributed by atoms with Crippen molar-refractivity contribution in [3.05, 3.63) is 52.1 Å². The highest BCUT2D eigenvalue weighted by Gasteiger charge is 2.20. The van der Waals surface area contributed by atoms with E-state index in [-0.39, 0.29) is 11.3 Å². The zero-order valence-electron chi connectivity index (χ0n) is 12.9. The molecule has 120 valence electrons. The summed E-state index contributed by atoms with van der Waals surface area (Å²) in [6, 6.07) is 9.08. The van der Waals surface area contributed by atoms with E-state index in [9.17, 15) is 14.9 Å². The van der Waals surface area contributed by atoms with Crippen LogP contribution in [0.3, 0.4) is 0 Å². The zero-order valence-corrected chi connectivity index (χ0v) is 12.9. The van der Waals surface area contributed by atoms with Gasteiger partial charge in [0.15, 0.2) is 0 Å². The number of carbonyl (C=O) groups excluding carboxylic acids is 1. The number of nitro groups is 1. The maximum atomic E-state index is 12.0. The normalized spacial score (nSPS) is 10.0. The molecule has 0 aliphatic carbocycles. The second kappa shape index (κ2) is 6.78. The van der Waals surface area contributed by atoms with Gasteiger partial charge in [-0.05, 0) is 24.3 Å². The number of nitrogens with zero attached hydrogens (tertiary/aromatic N) is 1. The number of carbonyl (C=O) groups is 1. The number of methoxy groups -OCH3 is 3. The van der Waals surface area contributed by atoms with Gasteiger partial charge in [-0.2, -0.15) is 0 Å². The summed E-state index contributed by atoms with van der Waals surface area (Å²) in [4.78, 5) is 22.4. The van der Waals surface area contributed by atoms with Crippen LogP contribution in [-0.4, -0.2) is 32.2 Å². The van der Waals surface area contributed by atoms with E-state index in [1.807, 2.05) is 0 Å². The molecule has 7 nitrogen and oxygen atoms in total. The fraction of sp³-hybridized carbons (Fsp3) is 0.188. The van der Waals surface area contributed by atoms with E-state index in [4.69, 9.17) is 14.2 Å². The van der Waals surface area contributed by atoms with Gasteiger partial charge < -0.3 is 14.2 Å². The summed E-state index contributed by atoms with van der Waals surface area (Å²) in [6.45, 7) is 0. The molecule has 0 unspecified atom stereocenters. The maximum absolute atomic E-state index is 12.0. The number of benzene rings is 2. The minimum absolute atomic E-state index is 0.0771. The van der Waals surface area contributed by atoms with Gasteiger partial charge in [-0.15, -0.1) is 0 Å². The average molecular weight is 317 g/mol.